The molecule has 0 amide bonds. The first-order chi connectivity index (χ1) is 22.4. The zero-order chi connectivity index (χ0) is 31.5. The molecule has 4 aromatic rings. The van der Waals surface area contributed by atoms with Crippen LogP contribution in [0.5, 0.6) is 11.9 Å². The van der Waals surface area contributed by atoms with Crippen LogP contribution in [0.1, 0.15) is 32.3 Å². The Bertz CT molecular complexity index is 1880. The van der Waals surface area contributed by atoms with E-state index in [0.717, 1.165) is 45.7 Å². The third kappa shape index (κ3) is 4.91. The van der Waals surface area contributed by atoms with Crippen LogP contribution in [0.2, 0.25) is 0 Å². The summed E-state index contributed by atoms with van der Waals surface area (Å²) in [4.78, 5) is 19.0. The Kier molecular flexibility index (Phi) is 7.39. The van der Waals surface area contributed by atoms with E-state index < -0.39 is 11.6 Å². The number of terminal acetylenes is 1. The fourth-order valence-corrected chi connectivity index (χ4v) is 7.72. The lowest BCUT2D eigenvalue weighted by atomic mass is 9.96. The van der Waals surface area contributed by atoms with Crippen LogP contribution in [0, 0.1) is 29.9 Å². The number of hydrogen-bond donors (Lipinski definition) is 1. The number of pyridine rings is 1. The van der Waals surface area contributed by atoms with Gasteiger partial charge in [-0.05, 0) is 31.2 Å². The van der Waals surface area contributed by atoms with Crippen molar-refractivity contribution in [2.24, 2.45) is 5.92 Å². The van der Waals surface area contributed by atoms with Crippen LogP contribution in [-0.4, -0.2) is 90.1 Å². The van der Waals surface area contributed by atoms with Crippen molar-refractivity contribution in [3.05, 3.63) is 47.5 Å². The average molecular weight is 627 g/mol. The maximum atomic E-state index is 17.0. The van der Waals surface area contributed by atoms with E-state index in [2.05, 4.69) is 32.9 Å². The first-order valence-electron chi connectivity index (χ1n) is 16.1. The van der Waals surface area contributed by atoms with Crippen molar-refractivity contribution in [2.45, 2.75) is 50.9 Å². The minimum atomic E-state index is -0.666. The number of ether oxygens (including phenoxy) is 3. The lowest BCUT2D eigenvalue weighted by molar-refractivity contribution is 0.0280. The van der Waals surface area contributed by atoms with Crippen molar-refractivity contribution in [2.75, 3.05) is 50.9 Å². The molecule has 46 heavy (non-hydrogen) atoms. The Balaban J connectivity index is 1.28. The average Bonchev–Trinajstić information content (AvgIpc) is 3.39. The Morgan fingerprint density at radius 2 is 1.96 bits per heavy atom. The molecule has 4 aliphatic heterocycles. The van der Waals surface area contributed by atoms with Gasteiger partial charge in [0.15, 0.2) is 5.82 Å². The van der Waals surface area contributed by atoms with Crippen LogP contribution in [0.4, 0.5) is 14.6 Å². The summed E-state index contributed by atoms with van der Waals surface area (Å²) in [6.07, 6.45) is 7.53. The number of nitrogens with one attached hydrogen (secondary N) is 1. The molecule has 11 heteroatoms. The number of benzene rings is 2. The molecule has 6 heterocycles. The van der Waals surface area contributed by atoms with Gasteiger partial charge in [0.1, 0.15) is 34.3 Å². The summed E-state index contributed by atoms with van der Waals surface area (Å²) in [5.74, 6) is 2.22. The summed E-state index contributed by atoms with van der Waals surface area (Å²) < 4.78 is 50.2. The van der Waals surface area contributed by atoms with Crippen molar-refractivity contribution in [3.63, 3.8) is 0 Å². The monoisotopic (exact) mass is 626 g/mol. The van der Waals surface area contributed by atoms with Crippen molar-refractivity contribution in [1.29, 1.82) is 0 Å². The van der Waals surface area contributed by atoms with Crippen LogP contribution in [-0.2, 0) is 4.74 Å². The van der Waals surface area contributed by atoms with Crippen LogP contribution >= 0.6 is 0 Å². The standard InChI is InChI=1S/C35H36F2N6O3/c1-4-23-25(36)10-8-21-6-5-7-24(27(21)23)30-29(37)31-28-33(41-35(40-31)45-18-19(2)16-42-12-14-44-15-13-42)43-17-22-9-11-26(38-22)32(43)20(3)46-34(28)39-30/h1,5-8,10,19-20,22,26,32,38H,9,11-18H2,2-3H3/t19-,20-,22+,26-,32+/m0/s1. The Morgan fingerprint density at radius 3 is 2.78 bits per heavy atom. The second-order valence-electron chi connectivity index (χ2n) is 12.9. The molecule has 3 fully saturated rings. The normalized spacial score (nSPS) is 24.7. The van der Waals surface area contributed by atoms with E-state index in [9.17, 15) is 4.39 Å². The van der Waals surface area contributed by atoms with Crippen LogP contribution in [0.15, 0.2) is 30.3 Å². The van der Waals surface area contributed by atoms with Gasteiger partial charge in [-0.2, -0.15) is 9.97 Å². The van der Waals surface area contributed by atoms with Gasteiger partial charge in [-0.3, -0.25) is 4.90 Å². The maximum Gasteiger partial charge on any atom is 0.319 e. The Labute approximate surface area is 266 Å². The first kappa shape index (κ1) is 29.3. The largest absolute Gasteiger partial charge is 0.472 e. The lowest BCUT2D eigenvalue weighted by Gasteiger charge is -2.42. The van der Waals surface area contributed by atoms with Gasteiger partial charge in [0.2, 0.25) is 5.88 Å². The summed E-state index contributed by atoms with van der Waals surface area (Å²) in [5.41, 5.74) is 0.449. The van der Waals surface area contributed by atoms with Gasteiger partial charge >= 0.3 is 6.01 Å². The summed E-state index contributed by atoms with van der Waals surface area (Å²) in [7, 11) is 0. The number of fused-ring (bicyclic) bond motifs is 6. The molecule has 5 atom stereocenters. The van der Waals surface area contributed by atoms with E-state index in [1.165, 1.54) is 6.07 Å². The van der Waals surface area contributed by atoms with Crippen molar-refractivity contribution < 1.29 is 23.0 Å². The molecule has 9 nitrogen and oxygen atoms in total. The number of piperazine rings is 1. The molecule has 0 spiro atoms. The maximum absolute atomic E-state index is 17.0. The second-order valence-corrected chi connectivity index (χ2v) is 12.9. The fraction of sp³-hybridized carbons (Fsp3) is 0.457. The number of rotatable bonds is 6. The van der Waals surface area contributed by atoms with Crippen molar-refractivity contribution in [3.8, 4) is 35.5 Å². The van der Waals surface area contributed by atoms with Gasteiger partial charge in [0, 0.05) is 55.1 Å². The van der Waals surface area contributed by atoms with Gasteiger partial charge in [-0.25, -0.2) is 13.8 Å². The van der Waals surface area contributed by atoms with Crippen molar-refractivity contribution in [1.82, 2.24) is 25.2 Å². The van der Waals surface area contributed by atoms with Gasteiger partial charge in [-0.1, -0.05) is 37.1 Å². The topological polar surface area (TPSA) is 84.9 Å². The van der Waals surface area contributed by atoms with Crippen LogP contribution < -0.4 is 19.7 Å². The van der Waals surface area contributed by atoms with Gasteiger partial charge in [0.25, 0.3) is 0 Å². The molecule has 2 aromatic carbocycles. The molecule has 2 aromatic heterocycles. The number of hydrogen-bond acceptors (Lipinski definition) is 9. The highest BCUT2D eigenvalue weighted by atomic mass is 19.1. The molecule has 0 unspecified atom stereocenters. The summed E-state index contributed by atoms with van der Waals surface area (Å²) in [6, 6.07) is 8.79. The first-order valence-corrected chi connectivity index (χ1v) is 16.1. The molecule has 0 radical (unpaired) electrons. The van der Waals surface area contributed by atoms with E-state index in [4.69, 9.17) is 30.6 Å². The highest BCUT2D eigenvalue weighted by Gasteiger charge is 2.47. The molecule has 1 N–H and O–H groups in total. The SMILES string of the molecule is C#Cc1c(F)ccc2cccc(-c3nc4c5c(nc(OC[C@@H](C)CN6CCOCC6)nc5c3F)N3C[C@H]5CC[C@H](N5)[C@H]3[C@H](C)O4)c12. The molecule has 238 valence electrons. The quantitative estimate of drug-likeness (QED) is 0.310. The Morgan fingerprint density at radius 1 is 1.11 bits per heavy atom. The molecule has 2 bridgehead atoms. The molecular formula is C35H36F2N6O3. The van der Waals surface area contributed by atoms with Crippen LogP contribution in [0.25, 0.3) is 32.9 Å². The fourth-order valence-electron chi connectivity index (χ4n) is 7.72. The predicted molar refractivity (Wildman–Crippen MR) is 171 cm³/mol. The number of halogens is 2. The van der Waals surface area contributed by atoms with E-state index in [1.54, 1.807) is 18.2 Å². The molecule has 0 saturated carbocycles. The van der Waals surface area contributed by atoms with E-state index in [-0.39, 0.29) is 52.8 Å². The minimum Gasteiger partial charge on any atom is -0.472 e. The lowest BCUT2D eigenvalue weighted by Crippen LogP contribution is -2.62. The number of aromatic nitrogens is 3. The summed E-state index contributed by atoms with van der Waals surface area (Å²) >= 11 is 0. The molecule has 4 aliphatic rings. The highest BCUT2D eigenvalue weighted by molar-refractivity contribution is 6.03. The smallest absolute Gasteiger partial charge is 0.319 e. The van der Waals surface area contributed by atoms with E-state index >= 15 is 4.39 Å². The number of nitrogens with zero attached hydrogens (tertiary/aromatic N) is 5. The zero-order valence-corrected chi connectivity index (χ0v) is 25.9. The third-order valence-electron chi connectivity index (χ3n) is 9.79. The highest BCUT2D eigenvalue weighted by Crippen LogP contribution is 2.45. The Hall–Kier alpha value is -4.11. The van der Waals surface area contributed by atoms with Crippen molar-refractivity contribution >= 4 is 27.5 Å². The summed E-state index contributed by atoms with van der Waals surface area (Å²) in [5, 5.41) is 5.22. The summed E-state index contributed by atoms with van der Waals surface area (Å²) in [6.45, 7) is 9.27. The van der Waals surface area contributed by atoms with Gasteiger partial charge in [-0.15, -0.1) is 6.42 Å². The van der Waals surface area contributed by atoms with Crippen LogP contribution in [0.3, 0.4) is 0 Å². The molecule has 0 aliphatic carbocycles. The third-order valence-corrected chi connectivity index (χ3v) is 9.79. The zero-order valence-electron chi connectivity index (χ0n) is 25.9. The van der Waals surface area contributed by atoms with E-state index in [1.807, 2.05) is 13.0 Å². The second kappa shape index (κ2) is 11.6. The van der Waals surface area contributed by atoms with Gasteiger partial charge in [0.05, 0.1) is 31.4 Å². The predicted octanol–water partition coefficient (Wildman–Crippen LogP) is 4.54. The van der Waals surface area contributed by atoms with Gasteiger partial charge < -0.3 is 24.4 Å². The molecule has 3 saturated heterocycles. The molecular weight excluding hydrogens is 590 g/mol. The minimum absolute atomic E-state index is 0.0156. The van der Waals surface area contributed by atoms with E-state index in [0.29, 0.717) is 46.7 Å². The number of morpholine rings is 1. The molecule has 8 rings (SSSR count). The number of anilines is 1.